The third-order valence-electron chi connectivity index (χ3n) is 0.977. The molecule has 0 bridgehead atoms. The van der Waals surface area contributed by atoms with Gasteiger partial charge in [-0.3, -0.25) is 4.99 Å². The Labute approximate surface area is 56.2 Å². The number of aliphatic imine (C=N–C) groups is 1. The Morgan fingerprint density at radius 3 is 2.78 bits per heavy atom. The van der Waals surface area contributed by atoms with E-state index in [-0.39, 0.29) is 0 Å². The van der Waals surface area contributed by atoms with E-state index < -0.39 is 0 Å². The summed E-state index contributed by atoms with van der Waals surface area (Å²) in [6.45, 7) is 6.84. The maximum absolute atomic E-state index is 5.08. The van der Waals surface area contributed by atoms with E-state index >= 15 is 0 Å². The number of hydrogen-bond donors (Lipinski definition) is 0. The van der Waals surface area contributed by atoms with Crippen LogP contribution in [-0.2, 0) is 4.74 Å². The lowest BCUT2D eigenvalue weighted by Gasteiger charge is -1.97. The molecular weight excluding hydrogens is 114 g/mol. The maximum atomic E-state index is 5.08. The highest BCUT2D eigenvalue weighted by atomic mass is 16.5. The molecule has 0 spiro atoms. The minimum atomic E-state index is 0.580. The Hall–Kier alpha value is -0.630. The van der Waals surface area contributed by atoms with Gasteiger partial charge in [0.2, 0.25) is 0 Å². The van der Waals surface area contributed by atoms with Crippen molar-refractivity contribution in [1.29, 1.82) is 0 Å². The summed E-state index contributed by atoms with van der Waals surface area (Å²) in [6.07, 6.45) is 1.70. The van der Waals surface area contributed by atoms with Crippen LogP contribution in [0, 0.1) is 0 Å². The van der Waals surface area contributed by atoms with E-state index in [9.17, 15) is 0 Å². The van der Waals surface area contributed by atoms with Crippen LogP contribution in [0.4, 0.5) is 0 Å². The monoisotopic (exact) mass is 127 g/mol. The summed E-state index contributed by atoms with van der Waals surface area (Å²) >= 11 is 0. The molecule has 0 atom stereocenters. The minimum Gasteiger partial charge on any atom is -0.375 e. The van der Waals surface area contributed by atoms with Crippen molar-refractivity contribution < 1.29 is 4.74 Å². The first-order valence-corrected chi connectivity index (χ1v) is 3.01. The first kappa shape index (κ1) is 8.37. The highest BCUT2D eigenvalue weighted by Gasteiger charge is 1.88. The first-order chi connectivity index (χ1) is 4.35. The molecule has 0 aromatic heterocycles. The molecule has 0 fully saturated rings. The molecule has 0 aliphatic rings. The van der Waals surface area contributed by atoms with Gasteiger partial charge in [-0.25, -0.2) is 0 Å². The molecule has 0 aromatic rings. The summed E-state index contributed by atoms with van der Waals surface area (Å²) in [5, 5.41) is 0. The van der Waals surface area contributed by atoms with Crippen LogP contribution >= 0.6 is 0 Å². The smallest absolute Gasteiger partial charge is 0.0882 e. The van der Waals surface area contributed by atoms with Crippen LogP contribution in [0.15, 0.2) is 17.6 Å². The van der Waals surface area contributed by atoms with Crippen LogP contribution in [-0.4, -0.2) is 26.0 Å². The number of hydrogen-bond acceptors (Lipinski definition) is 2. The first-order valence-electron chi connectivity index (χ1n) is 3.01. The van der Waals surface area contributed by atoms with Gasteiger partial charge >= 0.3 is 0 Å². The van der Waals surface area contributed by atoms with E-state index in [2.05, 4.69) is 11.6 Å². The lowest BCUT2D eigenvalue weighted by atomic mass is 10.4. The molecule has 52 valence electrons. The Morgan fingerprint density at radius 1 is 1.78 bits per heavy atom. The lowest BCUT2D eigenvalue weighted by Crippen LogP contribution is -2.04. The summed E-state index contributed by atoms with van der Waals surface area (Å²) in [6, 6.07) is 0. The van der Waals surface area contributed by atoms with E-state index in [1.165, 1.54) is 0 Å². The second kappa shape index (κ2) is 5.51. The van der Waals surface area contributed by atoms with Gasteiger partial charge in [-0.2, -0.15) is 0 Å². The summed E-state index contributed by atoms with van der Waals surface area (Å²) in [5.74, 6) is 0. The zero-order valence-corrected chi connectivity index (χ0v) is 6.05. The predicted molar refractivity (Wildman–Crippen MR) is 40.0 cm³/mol. The minimum absolute atomic E-state index is 0.580. The average molecular weight is 127 g/mol. The van der Waals surface area contributed by atoms with Gasteiger partial charge in [0, 0.05) is 13.7 Å². The summed E-state index contributed by atoms with van der Waals surface area (Å²) < 4.78 is 5.08. The molecule has 0 amide bonds. The lowest BCUT2D eigenvalue weighted by molar-refractivity contribution is 0.188. The molecule has 0 rings (SSSR count). The van der Waals surface area contributed by atoms with Crippen molar-refractivity contribution in [2.24, 2.45) is 4.99 Å². The standard InChI is InChI=1S/C7H13NO/c1-4-7(8-3)6-9-5-2/h4H,1,5-6H2,2-3H3/b8-7+. The van der Waals surface area contributed by atoms with Crippen LogP contribution < -0.4 is 0 Å². The molecule has 0 aliphatic carbocycles. The third-order valence-corrected chi connectivity index (χ3v) is 0.977. The normalized spacial score (nSPS) is 11.6. The number of ether oxygens (including phenoxy) is 1. The van der Waals surface area contributed by atoms with Crippen molar-refractivity contribution >= 4 is 5.71 Å². The molecular formula is C7H13NO. The van der Waals surface area contributed by atoms with Crippen LogP contribution in [0.25, 0.3) is 0 Å². The molecule has 0 unspecified atom stereocenters. The van der Waals surface area contributed by atoms with Crippen molar-refractivity contribution in [2.45, 2.75) is 6.92 Å². The van der Waals surface area contributed by atoms with E-state index in [0.29, 0.717) is 6.61 Å². The van der Waals surface area contributed by atoms with Gasteiger partial charge in [-0.1, -0.05) is 6.58 Å². The van der Waals surface area contributed by atoms with Crippen molar-refractivity contribution in [3.63, 3.8) is 0 Å². The van der Waals surface area contributed by atoms with Crippen molar-refractivity contribution in [3.8, 4) is 0 Å². The van der Waals surface area contributed by atoms with Gasteiger partial charge in [0.15, 0.2) is 0 Å². The summed E-state index contributed by atoms with van der Waals surface area (Å²) in [4.78, 5) is 3.92. The molecule has 0 aromatic carbocycles. The Morgan fingerprint density at radius 2 is 2.44 bits per heavy atom. The zero-order valence-electron chi connectivity index (χ0n) is 6.05. The van der Waals surface area contributed by atoms with Gasteiger partial charge < -0.3 is 4.74 Å². The Bertz CT molecular complexity index is 107. The van der Waals surface area contributed by atoms with Crippen LogP contribution in [0.2, 0.25) is 0 Å². The Balaban J connectivity index is 3.45. The zero-order chi connectivity index (χ0) is 7.11. The fourth-order valence-corrected chi connectivity index (χ4v) is 0.421. The van der Waals surface area contributed by atoms with Gasteiger partial charge in [-0.15, -0.1) is 0 Å². The van der Waals surface area contributed by atoms with Crippen LogP contribution in [0.5, 0.6) is 0 Å². The molecule has 0 N–H and O–H groups in total. The Kier molecular flexibility index (Phi) is 5.12. The number of nitrogens with zero attached hydrogens (tertiary/aromatic N) is 1. The summed E-state index contributed by atoms with van der Waals surface area (Å²) in [5.41, 5.74) is 0.900. The fraction of sp³-hybridized carbons (Fsp3) is 0.571. The highest BCUT2D eigenvalue weighted by molar-refractivity contribution is 5.95. The predicted octanol–water partition coefficient (Wildman–Crippen LogP) is 1.28. The molecule has 9 heavy (non-hydrogen) atoms. The largest absolute Gasteiger partial charge is 0.375 e. The molecule has 0 radical (unpaired) electrons. The average Bonchev–Trinajstić information content (AvgIpc) is 1.91. The second-order valence-electron chi connectivity index (χ2n) is 1.56. The van der Waals surface area contributed by atoms with Gasteiger partial charge in [-0.05, 0) is 13.0 Å². The van der Waals surface area contributed by atoms with Crippen molar-refractivity contribution in [3.05, 3.63) is 12.7 Å². The molecule has 0 heterocycles. The third kappa shape index (κ3) is 3.91. The van der Waals surface area contributed by atoms with Gasteiger partial charge in [0.1, 0.15) is 0 Å². The maximum Gasteiger partial charge on any atom is 0.0882 e. The molecule has 2 nitrogen and oxygen atoms in total. The van der Waals surface area contributed by atoms with Crippen LogP contribution in [0.3, 0.4) is 0 Å². The molecule has 0 saturated heterocycles. The molecule has 0 saturated carbocycles. The molecule has 0 aliphatic heterocycles. The number of rotatable bonds is 4. The summed E-state index contributed by atoms with van der Waals surface area (Å²) in [7, 11) is 1.73. The fourth-order valence-electron chi connectivity index (χ4n) is 0.421. The molecule has 2 heteroatoms. The van der Waals surface area contributed by atoms with Crippen molar-refractivity contribution in [2.75, 3.05) is 20.3 Å². The van der Waals surface area contributed by atoms with E-state index in [0.717, 1.165) is 12.3 Å². The SMILES string of the molecule is C=C/C(COCC)=N\C. The van der Waals surface area contributed by atoms with E-state index in [1.54, 1.807) is 13.1 Å². The second-order valence-corrected chi connectivity index (χ2v) is 1.56. The highest BCUT2D eigenvalue weighted by Crippen LogP contribution is 1.80. The van der Waals surface area contributed by atoms with Gasteiger partial charge in [0.05, 0.1) is 12.3 Å². The quantitative estimate of drug-likeness (QED) is 0.521. The van der Waals surface area contributed by atoms with E-state index in [4.69, 9.17) is 4.74 Å². The topological polar surface area (TPSA) is 21.6 Å². The van der Waals surface area contributed by atoms with Crippen LogP contribution in [0.1, 0.15) is 6.92 Å². The van der Waals surface area contributed by atoms with Crippen molar-refractivity contribution in [1.82, 2.24) is 0 Å². The van der Waals surface area contributed by atoms with E-state index in [1.807, 2.05) is 6.92 Å². The van der Waals surface area contributed by atoms with Gasteiger partial charge in [0.25, 0.3) is 0 Å².